The Bertz CT molecular complexity index is 130. The zero-order valence-corrected chi connectivity index (χ0v) is 8.88. The molecule has 1 nitrogen and oxygen atoms in total. The monoisotopic (exact) mass is 169 g/mol. The summed E-state index contributed by atoms with van der Waals surface area (Å²) in [5, 5.41) is 0. The fourth-order valence-electron chi connectivity index (χ4n) is 3.08. The minimum Gasteiger partial charge on any atom is -0.327 e. The van der Waals surface area contributed by atoms with Gasteiger partial charge < -0.3 is 5.73 Å². The van der Waals surface area contributed by atoms with Gasteiger partial charge in [-0.15, -0.1) is 0 Å². The minimum atomic E-state index is 0.448. The fourth-order valence-corrected chi connectivity index (χ4v) is 3.08. The molecule has 0 heterocycles. The Morgan fingerprint density at radius 3 is 2.17 bits per heavy atom. The van der Waals surface area contributed by atoms with Crippen molar-refractivity contribution >= 4 is 0 Å². The molecule has 1 aliphatic carbocycles. The molecule has 0 saturated heterocycles. The van der Waals surface area contributed by atoms with Crippen LogP contribution in [0.25, 0.3) is 0 Å². The maximum Gasteiger partial charge on any atom is 0.00746 e. The summed E-state index contributed by atoms with van der Waals surface area (Å²) in [6.45, 7) is 9.29. The van der Waals surface area contributed by atoms with Crippen LogP contribution in [0.2, 0.25) is 0 Å². The molecule has 0 aromatic rings. The first-order valence-electron chi connectivity index (χ1n) is 5.28. The van der Waals surface area contributed by atoms with E-state index in [2.05, 4.69) is 27.7 Å². The Kier molecular flexibility index (Phi) is 3.16. The van der Waals surface area contributed by atoms with E-state index in [9.17, 15) is 0 Å². The molecule has 1 heteroatoms. The zero-order valence-electron chi connectivity index (χ0n) is 8.88. The zero-order chi connectivity index (χ0) is 9.30. The molecule has 0 spiro atoms. The highest BCUT2D eigenvalue weighted by Gasteiger charge is 2.33. The van der Waals surface area contributed by atoms with Crippen molar-refractivity contribution in [1.29, 1.82) is 0 Å². The summed E-state index contributed by atoms with van der Waals surface area (Å²) in [4.78, 5) is 0. The number of hydrogen-bond acceptors (Lipinski definition) is 1. The normalized spacial score (nSPS) is 43.5. The van der Waals surface area contributed by atoms with Gasteiger partial charge in [-0.3, -0.25) is 0 Å². The van der Waals surface area contributed by atoms with E-state index in [1.807, 2.05) is 0 Å². The first-order valence-corrected chi connectivity index (χ1v) is 5.28. The van der Waals surface area contributed by atoms with E-state index >= 15 is 0 Å². The van der Waals surface area contributed by atoms with Gasteiger partial charge in [-0.1, -0.05) is 27.7 Å². The summed E-state index contributed by atoms with van der Waals surface area (Å²) in [7, 11) is 0. The average Bonchev–Trinajstić information content (AvgIpc) is 1.82. The Morgan fingerprint density at radius 2 is 1.75 bits per heavy atom. The van der Waals surface area contributed by atoms with Gasteiger partial charge in [0.1, 0.15) is 0 Å². The van der Waals surface area contributed by atoms with Crippen molar-refractivity contribution in [3.8, 4) is 0 Å². The molecule has 1 saturated carbocycles. The smallest absolute Gasteiger partial charge is 0.00746 e. The van der Waals surface area contributed by atoms with E-state index in [1.165, 1.54) is 12.8 Å². The van der Waals surface area contributed by atoms with E-state index in [4.69, 9.17) is 5.73 Å². The number of hydrogen-bond donors (Lipinski definition) is 1. The highest BCUT2D eigenvalue weighted by molar-refractivity contribution is 4.86. The van der Waals surface area contributed by atoms with Gasteiger partial charge >= 0.3 is 0 Å². The van der Waals surface area contributed by atoms with E-state index in [1.54, 1.807) is 0 Å². The molecule has 4 unspecified atom stereocenters. The van der Waals surface area contributed by atoms with Crippen LogP contribution in [0.5, 0.6) is 0 Å². The minimum absolute atomic E-state index is 0.448. The number of nitrogens with two attached hydrogens (primary N) is 1. The van der Waals surface area contributed by atoms with Crippen LogP contribution in [0.1, 0.15) is 40.5 Å². The molecule has 0 aliphatic heterocycles. The van der Waals surface area contributed by atoms with Crippen LogP contribution in [-0.4, -0.2) is 6.04 Å². The molecule has 0 amide bonds. The molecule has 1 fully saturated rings. The summed E-state index contributed by atoms with van der Waals surface area (Å²) in [6, 6.07) is 0.448. The lowest BCUT2D eigenvalue weighted by atomic mass is 9.68. The van der Waals surface area contributed by atoms with Gasteiger partial charge in [0.2, 0.25) is 0 Å². The summed E-state index contributed by atoms with van der Waals surface area (Å²) in [5.74, 6) is 3.16. The van der Waals surface area contributed by atoms with Gasteiger partial charge in [-0.2, -0.15) is 0 Å². The van der Waals surface area contributed by atoms with E-state index in [0.717, 1.165) is 23.7 Å². The molecular formula is C11H23N. The maximum absolute atomic E-state index is 6.16. The predicted octanol–water partition coefficient (Wildman–Crippen LogP) is 2.65. The lowest BCUT2D eigenvalue weighted by molar-refractivity contribution is 0.131. The molecule has 4 atom stereocenters. The van der Waals surface area contributed by atoms with Crippen molar-refractivity contribution in [3.63, 3.8) is 0 Å². The topological polar surface area (TPSA) is 26.0 Å². The molecule has 0 aromatic heterocycles. The van der Waals surface area contributed by atoms with Crippen LogP contribution in [0.4, 0.5) is 0 Å². The molecule has 0 aromatic carbocycles. The lowest BCUT2D eigenvalue weighted by Gasteiger charge is -2.40. The first kappa shape index (κ1) is 10.0. The van der Waals surface area contributed by atoms with Gasteiger partial charge in [0.15, 0.2) is 0 Å². The third-order valence-corrected chi connectivity index (χ3v) is 3.37. The Balaban J connectivity index is 2.60. The SMILES string of the molecule is CC1CC(C)C(C(C)C)C(N)C1. The number of rotatable bonds is 1. The summed E-state index contributed by atoms with van der Waals surface area (Å²) < 4.78 is 0. The van der Waals surface area contributed by atoms with E-state index in [0.29, 0.717) is 6.04 Å². The Morgan fingerprint density at radius 1 is 1.17 bits per heavy atom. The summed E-state index contributed by atoms with van der Waals surface area (Å²) in [5.41, 5.74) is 6.16. The van der Waals surface area contributed by atoms with E-state index in [-0.39, 0.29) is 0 Å². The van der Waals surface area contributed by atoms with Crippen molar-refractivity contribution in [2.45, 2.75) is 46.6 Å². The van der Waals surface area contributed by atoms with Crippen LogP contribution < -0.4 is 5.73 Å². The van der Waals surface area contributed by atoms with Crippen LogP contribution in [0.3, 0.4) is 0 Å². The van der Waals surface area contributed by atoms with Gasteiger partial charge in [0.05, 0.1) is 0 Å². The van der Waals surface area contributed by atoms with Gasteiger partial charge in [0.25, 0.3) is 0 Å². The average molecular weight is 169 g/mol. The lowest BCUT2D eigenvalue weighted by Crippen LogP contribution is -2.43. The molecule has 12 heavy (non-hydrogen) atoms. The third kappa shape index (κ3) is 2.01. The predicted molar refractivity (Wildman–Crippen MR) is 53.9 cm³/mol. The molecule has 2 N–H and O–H groups in total. The highest BCUT2D eigenvalue weighted by Crippen LogP contribution is 2.36. The van der Waals surface area contributed by atoms with Crippen LogP contribution in [0.15, 0.2) is 0 Å². The second kappa shape index (κ2) is 3.78. The third-order valence-electron chi connectivity index (χ3n) is 3.37. The van der Waals surface area contributed by atoms with Gasteiger partial charge in [-0.05, 0) is 36.5 Å². The molecule has 1 rings (SSSR count). The standard InChI is InChI=1S/C11H23N/c1-7(2)11-9(4)5-8(3)6-10(11)12/h7-11H,5-6,12H2,1-4H3. The fraction of sp³-hybridized carbons (Fsp3) is 1.00. The van der Waals surface area contributed by atoms with Gasteiger partial charge in [-0.25, -0.2) is 0 Å². The quantitative estimate of drug-likeness (QED) is 0.641. The van der Waals surface area contributed by atoms with E-state index < -0.39 is 0 Å². The van der Waals surface area contributed by atoms with Crippen molar-refractivity contribution in [2.75, 3.05) is 0 Å². The first-order chi connectivity index (χ1) is 5.52. The van der Waals surface area contributed by atoms with Crippen LogP contribution in [-0.2, 0) is 0 Å². The molecule has 1 aliphatic rings. The maximum atomic E-state index is 6.16. The molecular weight excluding hydrogens is 146 g/mol. The summed E-state index contributed by atoms with van der Waals surface area (Å²) >= 11 is 0. The van der Waals surface area contributed by atoms with Gasteiger partial charge in [0, 0.05) is 6.04 Å². The van der Waals surface area contributed by atoms with Crippen molar-refractivity contribution in [1.82, 2.24) is 0 Å². The highest BCUT2D eigenvalue weighted by atomic mass is 14.7. The van der Waals surface area contributed by atoms with Crippen LogP contribution in [0, 0.1) is 23.7 Å². The Labute approximate surface area is 76.7 Å². The van der Waals surface area contributed by atoms with Crippen LogP contribution >= 0.6 is 0 Å². The largest absolute Gasteiger partial charge is 0.327 e. The molecule has 0 radical (unpaired) electrons. The van der Waals surface area contributed by atoms with Crippen molar-refractivity contribution < 1.29 is 0 Å². The van der Waals surface area contributed by atoms with Crippen molar-refractivity contribution in [3.05, 3.63) is 0 Å². The van der Waals surface area contributed by atoms with Crippen molar-refractivity contribution in [2.24, 2.45) is 29.4 Å². The molecule has 0 bridgehead atoms. The Hall–Kier alpha value is -0.0400. The second-order valence-electron chi connectivity index (χ2n) is 5.04. The molecule has 72 valence electrons. The second-order valence-corrected chi connectivity index (χ2v) is 5.04. The summed E-state index contributed by atoms with van der Waals surface area (Å²) in [6.07, 6.45) is 2.60.